The van der Waals surface area contributed by atoms with Crippen LogP contribution in [0.1, 0.15) is 37.7 Å². The summed E-state index contributed by atoms with van der Waals surface area (Å²) in [5, 5.41) is 21.9. The molecule has 0 atom stereocenters. The molecule has 1 heterocycles. The molecule has 0 amide bonds. The van der Waals surface area contributed by atoms with E-state index in [4.69, 9.17) is 0 Å². The molecule has 19 heavy (non-hydrogen) atoms. The van der Waals surface area contributed by atoms with Crippen LogP contribution in [0.5, 0.6) is 0 Å². The van der Waals surface area contributed by atoms with Crippen LogP contribution in [-0.4, -0.2) is 27.4 Å². The van der Waals surface area contributed by atoms with Gasteiger partial charge in [-0.25, -0.2) is 0 Å². The van der Waals surface area contributed by atoms with Crippen LogP contribution < -0.4 is 5.32 Å². The Morgan fingerprint density at radius 2 is 2.11 bits per heavy atom. The smallest absolute Gasteiger partial charge is 0.0771 e. The minimum Gasteiger partial charge on any atom is -0.389 e. The maximum atomic E-state index is 10.4. The van der Waals surface area contributed by atoms with Gasteiger partial charge in [-0.15, -0.1) is 0 Å². The number of hydrogen-bond acceptors (Lipinski definition) is 3. The maximum Gasteiger partial charge on any atom is 0.0771 e. The van der Waals surface area contributed by atoms with Gasteiger partial charge in [-0.3, -0.25) is 5.10 Å². The van der Waals surface area contributed by atoms with Crippen LogP contribution in [0.2, 0.25) is 0 Å². The van der Waals surface area contributed by atoms with E-state index in [9.17, 15) is 5.11 Å². The summed E-state index contributed by atoms with van der Waals surface area (Å²) in [5.74, 6) is 0. The molecule has 4 heteroatoms. The summed E-state index contributed by atoms with van der Waals surface area (Å²) in [7, 11) is 0. The van der Waals surface area contributed by atoms with Crippen molar-refractivity contribution in [3.63, 3.8) is 0 Å². The molecular formula is C15H21N3O. The molecule has 0 unspecified atom stereocenters. The second-order valence-corrected chi connectivity index (χ2v) is 5.68. The molecule has 0 saturated heterocycles. The number of hydrogen-bond donors (Lipinski definition) is 3. The van der Waals surface area contributed by atoms with E-state index in [1.54, 1.807) is 0 Å². The number of fused-ring (bicyclic) bond motifs is 1. The summed E-state index contributed by atoms with van der Waals surface area (Å²) in [5.41, 5.74) is 1.79. The number of rotatable bonds is 4. The van der Waals surface area contributed by atoms with Gasteiger partial charge in [0.1, 0.15) is 0 Å². The minimum absolute atomic E-state index is 0.490. The summed E-state index contributed by atoms with van der Waals surface area (Å²) in [6.07, 6.45) is 7.26. The number of benzene rings is 1. The molecule has 102 valence electrons. The van der Waals surface area contributed by atoms with Crippen LogP contribution >= 0.6 is 0 Å². The molecule has 0 aliphatic heterocycles. The van der Waals surface area contributed by atoms with E-state index in [1.165, 1.54) is 12.0 Å². The summed E-state index contributed by atoms with van der Waals surface area (Å²) in [4.78, 5) is 0. The van der Waals surface area contributed by atoms with E-state index >= 15 is 0 Å². The van der Waals surface area contributed by atoms with Crippen molar-refractivity contribution >= 4 is 10.9 Å². The fraction of sp³-hybridized carbons (Fsp3) is 0.533. The van der Waals surface area contributed by atoms with Crippen molar-refractivity contribution in [1.82, 2.24) is 15.5 Å². The fourth-order valence-electron chi connectivity index (χ4n) is 2.92. The van der Waals surface area contributed by atoms with E-state index in [0.717, 1.165) is 43.1 Å². The van der Waals surface area contributed by atoms with Crippen LogP contribution in [-0.2, 0) is 6.54 Å². The minimum atomic E-state index is -0.490. The van der Waals surface area contributed by atoms with Crippen LogP contribution in [0, 0.1) is 0 Å². The Balaban J connectivity index is 1.56. The number of aromatic nitrogens is 2. The molecule has 1 aliphatic rings. The summed E-state index contributed by atoms with van der Waals surface area (Å²) < 4.78 is 0. The van der Waals surface area contributed by atoms with Gasteiger partial charge in [-0.2, -0.15) is 5.10 Å². The van der Waals surface area contributed by atoms with Crippen molar-refractivity contribution in [2.24, 2.45) is 0 Å². The summed E-state index contributed by atoms with van der Waals surface area (Å²) >= 11 is 0. The molecule has 0 bridgehead atoms. The van der Waals surface area contributed by atoms with Gasteiger partial charge in [0.15, 0.2) is 0 Å². The largest absolute Gasteiger partial charge is 0.389 e. The topological polar surface area (TPSA) is 60.9 Å². The first-order chi connectivity index (χ1) is 9.25. The maximum absolute atomic E-state index is 10.4. The zero-order valence-electron chi connectivity index (χ0n) is 11.2. The van der Waals surface area contributed by atoms with Gasteiger partial charge in [0, 0.05) is 18.5 Å². The second-order valence-electron chi connectivity index (χ2n) is 5.68. The highest BCUT2D eigenvalue weighted by atomic mass is 16.3. The Kier molecular flexibility index (Phi) is 3.53. The van der Waals surface area contributed by atoms with E-state index in [1.807, 2.05) is 6.20 Å². The molecule has 1 aromatic heterocycles. The molecule has 3 N–H and O–H groups in total. The zero-order chi connectivity index (χ0) is 13.1. The average Bonchev–Trinajstić information content (AvgIpc) is 2.87. The quantitative estimate of drug-likeness (QED) is 0.790. The summed E-state index contributed by atoms with van der Waals surface area (Å²) in [6.45, 7) is 1.48. The Morgan fingerprint density at radius 1 is 1.26 bits per heavy atom. The molecule has 1 aromatic carbocycles. The third kappa shape index (κ3) is 2.96. The van der Waals surface area contributed by atoms with Crippen molar-refractivity contribution in [3.05, 3.63) is 30.0 Å². The number of aliphatic hydroxyl groups is 1. The Bertz CT molecular complexity index is 543. The lowest BCUT2D eigenvalue weighted by molar-refractivity contribution is 0.00468. The SMILES string of the molecule is OC1(CNCc2ccc3cn[nH]c3c2)CCCCC1. The second kappa shape index (κ2) is 5.31. The van der Waals surface area contributed by atoms with E-state index in [2.05, 4.69) is 33.7 Å². The van der Waals surface area contributed by atoms with Gasteiger partial charge in [-0.05, 0) is 24.5 Å². The highest BCUT2D eigenvalue weighted by Gasteiger charge is 2.28. The van der Waals surface area contributed by atoms with Gasteiger partial charge < -0.3 is 10.4 Å². The van der Waals surface area contributed by atoms with Crippen molar-refractivity contribution < 1.29 is 5.11 Å². The standard InChI is InChI=1S/C15H21N3O/c19-15(6-2-1-3-7-15)11-16-9-12-4-5-13-10-17-18-14(13)8-12/h4-5,8,10,16,19H,1-3,6-7,9,11H2,(H,17,18). The first-order valence-electron chi connectivity index (χ1n) is 7.10. The molecule has 0 radical (unpaired) electrons. The van der Waals surface area contributed by atoms with E-state index < -0.39 is 5.60 Å². The van der Waals surface area contributed by atoms with E-state index in [0.29, 0.717) is 6.54 Å². The van der Waals surface area contributed by atoms with Gasteiger partial charge in [0.25, 0.3) is 0 Å². The zero-order valence-corrected chi connectivity index (χ0v) is 11.2. The third-order valence-electron chi connectivity index (χ3n) is 4.07. The van der Waals surface area contributed by atoms with Crippen molar-refractivity contribution in [2.75, 3.05) is 6.54 Å². The molecule has 3 rings (SSSR count). The highest BCUT2D eigenvalue weighted by Crippen LogP contribution is 2.27. The lowest BCUT2D eigenvalue weighted by atomic mass is 9.85. The third-order valence-corrected chi connectivity index (χ3v) is 4.07. The fourth-order valence-corrected chi connectivity index (χ4v) is 2.92. The normalized spacial score (nSPS) is 18.8. The Hall–Kier alpha value is -1.39. The molecule has 4 nitrogen and oxygen atoms in total. The number of aromatic amines is 1. The van der Waals surface area contributed by atoms with Gasteiger partial charge in [-0.1, -0.05) is 31.4 Å². The monoisotopic (exact) mass is 259 g/mol. The lowest BCUT2D eigenvalue weighted by Gasteiger charge is -2.32. The molecule has 1 aliphatic carbocycles. The van der Waals surface area contributed by atoms with Crippen molar-refractivity contribution in [3.8, 4) is 0 Å². The predicted octanol–water partition coefficient (Wildman–Crippen LogP) is 2.35. The Morgan fingerprint density at radius 3 is 2.95 bits per heavy atom. The highest BCUT2D eigenvalue weighted by molar-refractivity contribution is 5.78. The van der Waals surface area contributed by atoms with E-state index in [-0.39, 0.29) is 0 Å². The predicted molar refractivity (Wildman–Crippen MR) is 75.8 cm³/mol. The van der Waals surface area contributed by atoms with Gasteiger partial charge in [0.05, 0.1) is 17.3 Å². The lowest BCUT2D eigenvalue weighted by Crippen LogP contribution is -2.41. The number of H-pyrrole nitrogens is 1. The summed E-state index contributed by atoms with van der Waals surface area (Å²) in [6, 6.07) is 6.29. The molecule has 1 fully saturated rings. The first kappa shape index (κ1) is 12.6. The molecule has 0 spiro atoms. The van der Waals surface area contributed by atoms with Crippen LogP contribution in [0.15, 0.2) is 24.4 Å². The van der Waals surface area contributed by atoms with Crippen molar-refractivity contribution in [2.45, 2.75) is 44.2 Å². The molecular weight excluding hydrogens is 238 g/mol. The van der Waals surface area contributed by atoms with Crippen molar-refractivity contribution in [1.29, 1.82) is 0 Å². The number of nitrogens with zero attached hydrogens (tertiary/aromatic N) is 1. The van der Waals surface area contributed by atoms with Gasteiger partial charge in [0.2, 0.25) is 0 Å². The van der Waals surface area contributed by atoms with Gasteiger partial charge >= 0.3 is 0 Å². The van der Waals surface area contributed by atoms with Crippen LogP contribution in [0.25, 0.3) is 10.9 Å². The Labute approximate surface area is 113 Å². The first-order valence-corrected chi connectivity index (χ1v) is 7.10. The van der Waals surface area contributed by atoms with Crippen LogP contribution in [0.4, 0.5) is 0 Å². The van der Waals surface area contributed by atoms with Crippen LogP contribution in [0.3, 0.4) is 0 Å². The molecule has 1 saturated carbocycles. The molecule has 2 aromatic rings. The average molecular weight is 259 g/mol. The number of nitrogens with one attached hydrogen (secondary N) is 2.